The Morgan fingerprint density at radius 2 is 2.33 bits per heavy atom. The molecule has 1 aromatic rings. The van der Waals surface area contributed by atoms with Crippen LogP contribution in [0.25, 0.3) is 0 Å². The molecule has 0 radical (unpaired) electrons. The zero-order valence-corrected chi connectivity index (χ0v) is 8.75. The van der Waals surface area contributed by atoms with Gasteiger partial charge in [0.05, 0.1) is 0 Å². The summed E-state index contributed by atoms with van der Waals surface area (Å²) in [5.74, 6) is 1.10. The summed E-state index contributed by atoms with van der Waals surface area (Å²) in [5, 5.41) is 1.39. The van der Waals surface area contributed by atoms with E-state index in [2.05, 4.69) is 16.3 Å². The average Bonchev–Trinajstić information content (AvgIpc) is 2.45. The summed E-state index contributed by atoms with van der Waals surface area (Å²) in [6.45, 7) is 2.20. The Labute approximate surface area is 80.9 Å². The highest BCUT2D eigenvalue weighted by atomic mass is 32.2. The van der Waals surface area contributed by atoms with E-state index in [0.717, 1.165) is 10.9 Å². The minimum Gasteiger partial charge on any atom is -0.374 e. The fourth-order valence-electron chi connectivity index (χ4n) is 0.795. The van der Waals surface area contributed by atoms with Gasteiger partial charge >= 0.3 is 0 Å². The van der Waals surface area contributed by atoms with Crippen molar-refractivity contribution in [1.29, 1.82) is 0 Å². The molecule has 0 aromatic carbocycles. The summed E-state index contributed by atoms with van der Waals surface area (Å²) in [7, 11) is 0. The molecule has 2 N–H and O–H groups in total. The summed E-state index contributed by atoms with van der Waals surface area (Å²) in [6, 6.07) is 0. The lowest BCUT2D eigenvalue weighted by Crippen LogP contribution is -1.83. The normalized spacial score (nSPS) is 10.4. The van der Waals surface area contributed by atoms with Crippen molar-refractivity contribution in [2.45, 2.75) is 31.3 Å². The van der Waals surface area contributed by atoms with Gasteiger partial charge in [-0.2, -0.15) is 9.36 Å². The number of hydrogen-bond acceptors (Lipinski definition) is 5. The van der Waals surface area contributed by atoms with Crippen LogP contribution in [0, 0.1) is 0 Å². The van der Waals surface area contributed by atoms with Crippen molar-refractivity contribution in [3.63, 3.8) is 0 Å². The number of unbranched alkanes of at least 4 members (excludes halogenated alkanes) is 2. The Hall–Kier alpha value is -0.290. The first-order chi connectivity index (χ1) is 5.83. The zero-order valence-electron chi connectivity index (χ0n) is 7.12. The highest BCUT2D eigenvalue weighted by molar-refractivity contribution is 7.99. The molecule has 1 rings (SSSR count). The Kier molecular flexibility index (Phi) is 4.39. The number of nitrogens with zero attached hydrogens (tertiary/aromatic N) is 2. The fraction of sp³-hybridized carbons (Fsp3) is 0.714. The van der Waals surface area contributed by atoms with Crippen LogP contribution in [0.3, 0.4) is 0 Å². The van der Waals surface area contributed by atoms with E-state index in [0.29, 0.717) is 5.13 Å². The van der Waals surface area contributed by atoms with E-state index in [1.165, 1.54) is 30.8 Å². The van der Waals surface area contributed by atoms with Crippen molar-refractivity contribution in [3.05, 3.63) is 0 Å². The first kappa shape index (κ1) is 9.80. The molecule has 0 amide bonds. The number of thioether (sulfide) groups is 1. The molecule has 0 fully saturated rings. The van der Waals surface area contributed by atoms with Crippen molar-refractivity contribution < 1.29 is 0 Å². The second kappa shape index (κ2) is 5.37. The van der Waals surface area contributed by atoms with Gasteiger partial charge in [0, 0.05) is 17.3 Å². The van der Waals surface area contributed by atoms with Crippen molar-refractivity contribution >= 4 is 28.4 Å². The van der Waals surface area contributed by atoms with Crippen LogP contribution in [0.2, 0.25) is 0 Å². The molecule has 0 aliphatic rings. The van der Waals surface area contributed by atoms with Crippen LogP contribution >= 0.6 is 23.3 Å². The molecule has 0 aliphatic heterocycles. The van der Waals surface area contributed by atoms with Crippen molar-refractivity contribution in [1.82, 2.24) is 9.36 Å². The predicted octanol–water partition coefficient (Wildman–Crippen LogP) is 2.40. The average molecular weight is 203 g/mol. The fourth-order valence-corrected chi connectivity index (χ4v) is 2.21. The van der Waals surface area contributed by atoms with Crippen molar-refractivity contribution in [2.75, 3.05) is 11.5 Å². The Bertz CT molecular complexity index is 224. The van der Waals surface area contributed by atoms with Crippen LogP contribution < -0.4 is 5.73 Å². The quantitative estimate of drug-likeness (QED) is 0.590. The number of aromatic nitrogens is 2. The molecule has 0 unspecified atom stereocenters. The van der Waals surface area contributed by atoms with E-state index in [4.69, 9.17) is 5.73 Å². The maximum absolute atomic E-state index is 5.44. The van der Waals surface area contributed by atoms with Gasteiger partial charge < -0.3 is 5.73 Å². The number of nitrogens with two attached hydrogens (primary N) is 1. The zero-order chi connectivity index (χ0) is 8.81. The van der Waals surface area contributed by atoms with Crippen LogP contribution in [-0.2, 0) is 0 Å². The smallest absolute Gasteiger partial charge is 0.201 e. The molecule has 0 bridgehead atoms. The topological polar surface area (TPSA) is 51.8 Å². The summed E-state index contributed by atoms with van der Waals surface area (Å²) >= 11 is 2.95. The van der Waals surface area contributed by atoms with Gasteiger partial charge in [0.15, 0.2) is 0 Å². The Morgan fingerprint density at radius 3 is 2.92 bits per heavy atom. The van der Waals surface area contributed by atoms with Crippen molar-refractivity contribution in [2.24, 2.45) is 0 Å². The lowest BCUT2D eigenvalue weighted by Gasteiger charge is -1.94. The predicted molar refractivity (Wildman–Crippen MR) is 54.6 cm³/mol. The molecule has 0 aliphatic carbocycles. The minimum atomic E-state index is 0.563. The molecule has 0 saturated carbocycles. The van der Waals surface area contributed by atoms with Gasteiger partial charge in [-0.3, -0.25) is 0 Å². The number of anilines is 1. The molecule has 0 saturated heterocycles. The minimum absolute atomic E-state index is 0.563. The lowest BCUT2D eigenvalue weighted by molar-refractivity contribution is 0.777. The second-order valence-electron chi connectivity index (χ2n) is 2.47. The van der Waals surface area contributed by atoms with E-state index in [1.807, 2.05) is 0 Å². The molecule has 0 spiro atoms. The maximum atomic E-state index is 5.44. The van der Waals surface area contributed by atoms with E-state index in [-0.39, 0.29) is 0 Å². The van der Waals surface area contributed by atoms with E-state index in [1.54, 1.807) is 11.8 Å². The van der Waals surface area contributed by atoms with Gasteiger partial charge in [-0.1, -0.05) is 31.5 Å². The highest BCUT2D eigenvalue weighted by Crippen LogP contribution is 2.18. The van der Waals surface area contributed by atoms with Crippen LogP contribution in [0.5, 0.6) is 0 Å². The van der Waals surface area contributed by atoms with Crippen LogP contribution in [0.15, 0.2) is 5.16 Å². The Morgan fingerprint density at radius 1 is 1.50 bits per heavy atom. The van der Waals surface area contributed by atoms with Gasteiger partial charge in [-0.05, 0) is 6.42 Å². The molecule has 1 heterocycles. The molecule has 5 heteroatoms. The first-order valence-electron chi connectivity index (χ1n) is 4.05. The summed E-state index contributed by atoms with van der Waals surface area (Å²) in [6.07, 6.45) is 3.78. The molecule has 1 aromatic heterocycles. The summed E-state index contributed by atoms with van der Waals surface area (Å²) in [5.41, 5.74) is 5.44. The summed E-state index contributed by atoms with van der Waals surface area (Å²) in [4.78, 5) is 4.06. The summed E-state index contributed by atoms with van der Waals surface area (Å²) < 4.78 is 4.08. The van der Waals surface area contributed by atoms with Gasteiger partial charge in [0.2, 0.25) is 10.3 Å². The SMILES string of the molecule is CCCCCSc1nsc(N)n1. The van der Waals surface area contributed by atoms with Gasteiger partial charge in [0.1, 0.15) is 0 Å². The maximum Gasteiger partial charge on any atom is 0.201 e. The molecule has 12 heavy (non-hydrogen) atoms. The second-order valence-corrected chi connectivity index (χ2v) is 4.32. The molecule has 68 valence electrons. The van der Waals surface area contributed by atoms with Gasteiger partial charge in [-0.15, -0.1) is 0 Å². The monoisotopic (exact) mass is 203 g/mol. The van der Waals surface area contributed by atoms with Crippen molar-refractivity contribution in [3.8, 4) is 0 Å². The molecular formula is C7H13N3S2. The highest BCUT2D eigenvalue weighted by Gasteiger charge is 1.99. The third-order valence-electron chi connectivity index (χ3n) is 1.40. The van der Waals surface area contributed by atoms with Gasteiger partial charge in [0.25, 0.3) is 0 Å². The van der Waals surface area contributed by atoms with Crippen LogP contribution in [0.1, 0.15) is 26.2 Å². The molecule has 3 nitrogen and oxygen atoms in total. The van der Waals surface area contributed by atoms with Gasteiger partial charge in [-0.25, -0.2) is 0 Å². The number of hydrogen-bond donors (Lipinski definition) is 1. The van der Waals surface area contributed by atoms with E-state index >= 15 is 0 Å². The third kappa shape index (κ3) is 3.40. The number of nitrogen functional groups attached to an aromatic ring is 1. The molecule has 0 atom stereocenters. The van der Waals surface area contributed by atoms with Crippen LogP contribution in [-0.4, -0.2) is 15.1 Å². The standard InChI is InChI=1S/C7H13N3S2/c1-2-3-4-5-11-7-9-6(8)12-10-7/h2-5H2,1H3,(H2,8,9,10). The third-order valence-corrected chi connectivity index (χ3v) is 2.99. The van der Waals surface area contributed by atoms with Crippen LogP contribution in [0.4, 0.5) is 5.13 Å². The first-order valence-corrected chi connectivity index (χ1v) is 5.81. The van der Waals surface area contributed by atoms with E-state index in [9.17, 15) is 0 Å². The largest absolute Gasteiger partial charge is 0.374 e. The Balaban J connectivity index is 2.15. The van der Waals surface area contributed by atoms with E-state index < -0.39 is 0 Å². The number of rotatable bonds is 5. The lowest BCUT2D eigenvalue weighted by atomic mass is 10.3. The molecular weight excluding hydrogens is 190 g/mol.